The largest absolute Gasteiger partial charge is 0.391 e. The molecule has 0 radical (unpaired) electrons. The fraction of sp³-hybridized carbons (Fsp3) is 1.00. The summed E-state index contributed by atoms with van der Waals surface area (Å²) < 4.78 is 5.63. The molecule has 1 aliphatic carbocycles. The second-order valence-electron chi connectivity index (χ2n) is 4.99. The maximum Gasteiger partial charge on any atom is 0.0702 e. The van der Waals surface area contributed by atoms with Crippen LogP contribution in [0.5, 0.6) is 0 Å². The Morgan fingerprint density at radius 2 is 2.00 bits per heavy atom. The summed E-state index contributed by atoms with van der Waals surface area (Å²) in [4.78, 5) is 2.31. The number of ether oxygens (including phenoxy) is 1. The standard InChI is InChI=1S/C12H23NO2/c1-13(9-10-5-4-8-15-10)11-6-2-3-7-12(11)14/h10-12,14H,2-9H2,1H3/t10?,11-,12-/m1/s1. The first-order valence-electron chi connectivity index (χ1n) is 6.27. The summed E-state index contributed by atoms with van der Waals surface area (Å²) in [5.74, 6) is 0. The van der Waals surface area contributed by atoms with Crippen LogP contribution in [0.3, 0.4) is 0 Å². The lowest BCUT2D eigenvalue weighted by atomic mass is 9.91. The van der Waals surface area contributed by atoms with Gasteiger partial charge in [-0.2, -0.15) is 0 Å². The number of likely N-dealkylation sites (N-methyl/N-ethyl adjacent to an activating group) is 1. The van der Waals surface area contributed by atoms with E-state index < -0.39 is 0 Å². The predicted molar refractivity (Wildman–Crippen MR) is 59.9 cm³/mol. The molecular formula is C12H23NO2. The van der Waals surface area contributed by atoms with Crippen molar-refractivity contribution >= 4 is 0 Å². The van der Waals surface area contributed by atoms with E-state index in [9.17, 15) is 5.11 Å². The molecule has 2 fully saturated rings. The Hall–Kier alpha value is -0.120. The van der Waals surface area contributed by atoms with Crippen molar-refractivity contribution < 1.29 is 9.84 Å². The van der Waals surface area contributed by atoms with Crippen LogP contribution in [-0.4, -0.2) is 48.5 Å². The van der Waals surface area contributed by atoms with Gasteiger partial charge in [-0.1, -0.05) is 12.8 Å². The molecule has 1 heterocycles. The average Bonchev–Trinajstić information content (AvgIpc) is 2.71. The predicted octanol–water partition coefficient (Wildman–Crippen LogP) is 1.40. The highest BCUT2D eigenvalue weighted by molar-refractivity contribution is 4.83. The van der Waals surface area contributed by atoms with Gasteiger partial charge in [0.1, 0.15) is 0 Å². The van der Waals surface area contributed by atoms with Crippen LogP contribution in [0, 0.1) is 0 Å². The van der Waals surface area contributed by atoms with Crippen LogP contribution >= 0.6 is 0 Å². The van der Waals surface area contributed by atoms with E-state index in [1.165, 1.54) is 25.7 Å². The van der Waals surface area contributed by atoms with Gasteiger partial charge in [0.05, 0.1) is 12.2 Å². The van der Waals surface area contributed by atoms with E-state index in [4.69, 9.17) is 4.74 Å². The molecule has 1 aliphatic heterocycles. The highest BCUT2D eigenvalue weighted by Gasteiger charge is 2.28. The normalized spacial score (nSPS) is 37.4. The quantitative estimate of drug-likeness (QED) is 0.769. The molecule has 0 spiro atoms. The van der Waals surface area contributed by atoms with Gasteiger partial charge in [-0.05, 0) is 32.7 Å². The number of aliphatic hydroxyl groups is 1. The first kappa shape index (κ1) is 11.4. The van der Waals surface area contributed by atoms with Crippen molar-refractivity contribution in [1.82, 2.24) is 4.90 Å². The molecule has 0 aromatic carbocycles. The van der Waals surface area contributed by atoms with Crippen molar-refractivity contribution in [3.63, 3.8) is 0 Å². The van der Waals surface area contributed by atoms with Crippen LogP contribution in [-0.2, 0) is 4.74 Å². The average molecular weight is 213 g/mol. The SMILES string of the molecule is CN(CC1CCCO1)[C@@H]1CCCC[C@H]1O. The third kappa shape index (κ3) is 2.92. The van der Waals surface area contributed by atoms with E-state index in [-0.39, 0.29) is 6.10 Å². The van der Waals surface area contributed by atoms with Gasteiger partial charge < -0.3 is 9.84 Å². The van der Waals surface area contributed by atoms with Crippen LogP contribution in [0.15, 0.2) is 0 Å². The van der Waals surface area contributed by atoms with Gasteiger partial charge in [-0.15, -0.1) is 0 Å². The number of aliphatic hydroxyl groups excluding tert-OH is 1. The summed E-state index contributed by atoms with van der Waals surface area (Å²) in [6.07, 6.45) is 7.24. The summed E-state index contributed by atoms with van der Waals surface area (Å²) in [5.41, 5.74) is 0. The van der Waals surface area contributed by atoms with Crippen LogP contribution in [0.1, 0.15) is 38.5 Å². The van der Waals surface area contributed by atoms with Crippen LogP contribution in [0.25, 0.3) is 0 Å². The Morgan fingerprint density at radius 1 is 1.20 bits per heavy atom. The van der Waals surface area contributed by atoms with E-state index in [0.29, 0.717) is 12.1 Å². The minimum absolute atomic E-state index is 0.120. The lowest BCUT2D eigenvalue weighted by Gasteiger charge is -2.36. The molecule has 15 heavy (non-hydrogen) atoms. The minimum atomic E-state index is -0.120. The van der Waals surface area contributed by atoms with Crippen LogP contribution < -0.4 is 0 Å². The molecule has 1 N–H and O–H groups in total. The van der Waals surface area contributed by atoms with E-state index in [1.54, 1.807) is 0 Å². The maximum absolute atomic E-state index is 9.93. The smallest absolute Gasteiger partial charge is 0.0702 e. The fourth-order valence-electron chi connectivity index (χ4n) is 2.85. The molecule has 0 aromatic rings. The summed E-state index contributed by atoms with van der Waals surface area (Å²) in [6.45, 7) is 1.91. The van der Waals surface area contributed by atoms with Crippen molar-refractivity contribution in [2.45, 2.75) is 56.8 Å². The van der Waals surface area contributed by atoms with E-state index >= 15 is 0 Å². The van der Waals surface area contributed by atoms with Crippen LogP contribution in [0.4, 0.5) is 0 Å². The molecule has 1 saturated heterocycles. The zero-order valence-corrected chi connectivity index (χ0v) is 9.69. The highest BCUT2D eigenvalue weighted by Crippen LogP contribution is 2.23. The van der Waals surface area contributed by atoms with Crippen molar-refractivity contribution in [2.75, 3.05) is 20.2 Å². The summed E-state index contributed by atoms with van der Waals surface area (Å²) >= 11 is 0. The second-order valence-corrected chi connectivity index (χ2v) is 4.99. The van der Waals surface area contributed by atoms with Gasteiger partial charge in [-0.3, -0.25) is 4.90 Å². The second kappa shape index (κ2) is 5.28. The van der Waals surface area contributed by atoms with Gasteiger partial charge in [0.25, 0.3) is 0 Å². The summed E-state index contributed by atoms with van der Waals surface area (Å²) in [5, 5.41) is 9.93. The zero-order valence-electron chi connectivity index (χ0n) is 9.69. The summed E-state index contributed by atoms with van der Waals surface area (Å²) in [7, 11) is 2.13. The van der Waals surface area contributed by atoms with Crippen molar-refractivity contribution in [1.29, 1.82) is 0 Å². The molecule has 0 bridgehead atoms. The molecular weight excluding hydrogens is 190 g/mol. The maximum atomic E-state index is 9.93. The van der Waals surface area contributed by atoms with Crippen molar-refractivity contribution in [3.8, 4) is 0 Å². The van der Waals surface area contributed by atoms with Crippen molar-refractivity contribution in [2.24, 2.45) is 0 Å². The van der Waals surface area contributed by atoms with E-state index in [0.717, 1.165) is 26.0 Å². The van der Waals surface area contributed by atoms with Crippen molar-refractivity contribution in [3.05, 3.63) is 0 Å². The minimum Gasteiger partial charge on any atom is -0.391 e. The molecule has 0 aromatic heterocycles. The monoisotopic (exact) mass is 213 g/mol. The molecule has 3 heteroatoms. The molecule has 3 nitrogen and oxygen atoms in total. The van der Waals surface area contributed by atoms with Gasteiger partial charge in [0, 0.05) is 19.2 Å². The zero-order chi connectivity index (χ0) is 10.7. The Labute approximate surface area is 92.4 Å². The number of hydrogen-bond donors (Lipinski definition) is 1. The Kier molecular flexibility index (Phi) is 4.00. The van der Waals surface area contributed by atoms with Crippen LogP contribution in [0.2, 0.25) is 0 Å². The molecule has 0 amide bonds. The van der Waals surface area contributed by atoms with E-state index in [1.807, 2.05) is 0 Å². The van der Waals surface area contributed by atoms with Gasteiger partial charge >= 0.3 is 0 Å². The molecule has 1 saturated carbocycles. The molecule has 2 rings (SSSR count). The third-order valence-corrected chi connectivity index (χ3v) is 3.78. The number of hydrogen-bond acceptors (Lipinski definition) is 3. The Bertz CT molecular complexity index is 192. The van der Waals surface area contributed by atoms with Gasteiger partial charge in [0.15, 0.2) is 0 Å². The fourth-order valence-corrected chi connectivity index (χ4v) is 2.85. The lowest BCUT2D eigenvalue weighted by molar-refractivity contribution is 0.00450. The molecule has 3 atom stereocenters. The Balaban J connectivity index is 1.80. The van der Waals surface area contributed by atoms with Gasteiger partial charge in [0.2, 0.25) is 0 Å². The molecule has 88 valence electrons. The topological polar surface area (TPSA) is 32.7 Å². The first-order chi connectivity index (χ1) is 7.27. The first-order valence-corrected chi connectivity index (χ1v) is 6.27. The highest BCUT2D eigenvalue weighted by atomic mass is 16.5. The van der Waals surface area contributed by atoms with Gasteiger partial charge in [-0.25, -0.2) is 0 Å². The lowest BCUT2D eigenvalue weighted by Crippen LogP contribution is -2.46. The molecule has 2 aliphatic rings. The Morgan fingerprint density at radius 3 is 2.67 bits per heavy atom. The number of rotatable bonds is 3. The number of nitrogens with zero attached hydrogens (tertiary/aromatic N) is 1. The van der Waals surface area contributed by atoms with E-state index in [2.05, 4.69) is 11.9 Å². The molecule has 1 unspecified atom stereocenters. The third-order valence-electron chi connectivity index (χ3n) is 3.78. The summed E-state index contributed by atoms with van der Waals surface area (Å²) in [6, 6.07) is 0.364.